The van der Waals surface area contributed by atoms with Gasteiger partial charge in [-0.2, -0.15) is 0 Å². The molecule has 2 heterocycles. The van der Waals surface area contributed by atoms with Gasteiger partial charge >= 0.3 is 0 Å². The second-order valence-electron chi connectivity index (χ2n) is 5.34. The van der Waals surface area contributed by atoms with Crippen LogP contribution in [0.2, 0.25) is 0 Å². The lowest BCUT2D eigenvalue weighted by Gasteiger charge is -2.32. The maximum Gasteiger partial charge on any atom is 0.140 e. The highest BCUT2D eigenvalue weighted by Crippen LogP contribution is 2.27. The third kappa shape index (κ3) is 3.06. The van der Waals surface area contributed by atoms with Gasteiger partial charge in [0.15, 0.2) is 0 Å². The van der Waals surface area contributed by atoms with Crippen LogP contribution in [0.4, 0.5) is 5.82 Å². The Bertz CT molecular complexity index is 455. The van der Waals surface area contributed by atoms with Gasteiger partial charge in [0.25, 0.3) is 0 Å². The summed E-state index contributed by atoms with van der Waals surface area (Å²) in [6, 6.07) is 4.38. The Morgan fingerprint density at radius 2 is 2.21 bits per heavy atom. The molecule has 4 nitrogen and oxygen atoms in total. The zero-order chi connectivity index (χ0) is 13.8. The van der Waals surface area contributed by atoms with E-state index in [1.165, 1.54) is 25.7 Å². The van der Waals surface area contributed by atoms with Gasteiger partial charge in [0, 0.05) is 18.3 Å². The van der Waals surface area contributed by atoms with Crippen LogP contribution in [0.15, 0.2) is 12.1 Å². The number of anilines is 1. The lowest BCUT2D eigenvalue weighted by Crippen LogP contribution is -2.36. The molecular weight excluding hydrogens is 236 g/mol. The van der Waals surface area contributed by atoms with Gasteiger partial charge in [0.2, 0.25) is 0 Å². The van der Waals surface area contributed by atoms with Crippen molar-refractivity contribution in [1.29, 1.82) is 5.41 Å². The fourth-order valence-electron chi connectivity index (χ4n) is 2.85. The van der Waals surface area contributed by atoms with Crippen LogP contribution in [-0.4, -0.2) is 23.4 Å². The zero-order valence-corrected chi connectivity index (χ0v) is 11.9. The highest BCUT2D eigenvalue weighted by Gasteiger charge is 2.23. The van der Waals surface area contributed by atoms with Crippen molar-refractivity contribution in [3.05, 3.63) is 23.4 Å². The number of nitrogen functional groups attached to an aromatic ring is 1. The smallest absolute Gasteiger partial charge is 0.140 e. The number of rotatable bonds is 3. The predicted molar refractivity (Wildman–Crippen MR) is 79.9 cm³/mol. The number of nitrogens with two attached hydrogens (primary N) is 1. The molecule has 0 aromatic carbocycles. The van der Waals surface area contributed by atoms with E-state index < -0.39 is 0 Å². The van der Waals surface area contributed by atoms with E-state index in [4.69, 9.17) is 11.1 Å². The predicted octanol–water partition coefficient (Wildman–Crippen LogP) is 2.83. The maximum absolute atomic E-state index is 7.75. The lowest BCUT2D eigenvalue weighted by molar-refractivity contribution is 0.551. The van der Waals surface area contributed by atoms with E-state index in [2.05, 4.69) is 16.8 Å². The molecule has 0 saturated carbocycles. The third-order valence-corrected chi connectivity index (χ3v) is 3.92. The molecule has 4 heteroatoms. The zero-order valence-electron chi connectivity index (χ0n) is 11.9. The quantitative estimate of drug-likeness (QED) is 0.648. The van der Waals surface area contributed by atoms with E-state index in [1.807, 2.05) is 19.1 Å². The van der Waals surface area contributed by atoms with Crippen LogP contribution in [-0.2, 0) is 0 Å². The van der Waals surface area contributed by atoms with Gasteiger partial charge in [0.05, 0.1) is 5.56 Å². The van der Waals surface area contributed by atoms with Crippen molar-refractivity contribution < 1.29 is 0 Å². The van der Waals surface area contributed by atoms with Crippen LogP contribution in [0.1, 0.15) is 50.3 Å². The molecule has 0 radical (unpaired) electrons. The molecule has 0 aliphatic carbocycles. The fraction of sp³-hybridized carbons (Fsp3) is 0.600. The Balaban J connectivity index is 2.42. The molecule has 1 fully saturated rings. The van der Waals surface area contributed by atoms with Crippen molar-refractivity contribution in [2.75, 3.05) is 11.4 Å². The molecule has 1 aromatic heterocycles. The highest BCUT2D eigenvalue weighted by atomic mass is 15.2. The number of nitrogens with one attached hydrogen (secondary N) is 1. The van der Waals surface area contributed by atoms with E-state index in [0.29, 0.717) is 6.04 Å². The van der Waals surface area contributed by atoms with Crippen molar-refractivity contribution in [1.82, 2.24) is 4.98 Å². The molecule has 1 atom stereocenters. The summed E-state index contributed by atoms with van der Waals surface area (Å²) in [4.78, 5) is 7.03. The average Bonchev–Trinajstić information content (AvgIpc) is 2.63. The van der Waals surface area contributed by atoms with Gasteiger partial charge in [-0.3, -0.25) is 5.41 Å². The minimum absolute atomic E-state index is 0.113. The first-order valence-electron chi connectivity index (χ1n) is 7.22. The Kier molecular flexibility index (Phi) is 4.40. The molecule has 0 bridgehead atoms. The first-order chi connectivity index (χ1) is 9.13. The molecule has 104 valence electrons. The fourth-order valence-corrected chi connectivity index (χ4v) is 2.85. The van der Waals surface area contributed by atoms with Crippen molar-refractivity contribution in [2.24, 2.45) is 5.73 Å². The van der Waals surface area contributed by atoms with Crippen molar-refractivity contribution in [3.8, 4) is 0 Å². The summed E-state index contributed by atoms with van der Waals surface area (Å²) in [6.07, 6.45) is 6.10. The van der Waals surface area contributed by atoms with Crippen LogP contribution < -0.4 is 10.6 Å². The number of aromatic nitrogens is 1. The highest BCUT2D eigenvalue weighted by molar-refractivity contribution is 5.99. The normalized spacial score (nSPS) is 20.1. The summed E-state index contributed by atoms with van der Waals surface area (Å²) < 4.78 is 0. The third-order valence-electron chi connectivity index (χ3n) is 3.92. The van der Waals surface area contributed by atoms with E-state index in [0.717, 1.165) is 30.0 Å². The summed E-state index contributed by atoms with van der Waals surface area (Å²) in [5, 5.41) is 7.75. The largest absolute Gasteiger partial charge is 0.384 e. The first kappa shape index (κ1) is 13.8. The number of amidine groups is 1. The van der Waals surface area contributed by atoms with E-state index in [-0.39, 0.29) is 5.84 Å². The molecule has 3 N–H and O–H groups in total. The van der Waals surface area contributed by atoms with Crippen LogP contribution in [0, 0.1) is 12.3 Å². The van der Waals surface area contributed by atoms with Crippen molar-refractivity contribution >= 4 is 11.7 Å². The van der Waals surface area contributed by atoms with Crippen LogP contribution in [0.25, 0.3) is 0 Å². The molecule has 0 spiro atoms. The van der Waals surface area contributed by atoms with E-state index >= 15 is 0 Å². The Hall–Kier alpha value is -1.58. The van der Waals surface area contributed by atoms with Gasteiger partial charge in [-0.05, 0) is 38.3 Å². The van der Waals surface area contributed by atoms with Crippen LogP contribution >= 0.6 is 0 Å². The summed E-state index contributed by atoms with van der Waals surface area (Å²) in [6.45, 7) is 5.24. The molecule has 0 amide bonds. The standard InChI is InChI=1S/C15H24N4/c1-3-12-7-5-4-6-10-19(12)15-13(14(16)17)9-8-11(2)18-15/h8-9,12H,3-7,10H2,1-2H3,(H3,16,17). The van der Waals surface area contributed by atoms with E-state index in [9.17, 15) is 0 Å². The number of hydrogen-bond acceptors (Lipinski definition) is 3. The number of nitrogens with zero attached hydrogens (tertiary/aromatic N) is 2. The Morgan fingerprint density at radius 3 is 2.89 bits per heavy atom. The lowest BCUT2D eigenvalue weighted by atomic mass is 10.1. The van der Waals surface area contributed by atoms with Crippen molar-refractivity contribution in [2.45, 2.75) is 52.0 Å². The topological polar surface area (TPSA) is 66.0 Å². The second kappa shape index (κ2) is 6.04. The summed E-state index contributed by atoms with van der Waals surface area (Å²) in [5.74, 6) is 1.02. The van der Waals surface area contributed by atoms with Crippen molar-refractivity contribution in [3.63, 3.8) is 0 Å². The molecule has 2 rings (SSSR count). The summed E-state index contributed by atoms with van der Waals surface area (Å²) in [7, 11) is 0. The minimum atomic E-state index is 0.113. The number of hydrogen-bond donors (Lipinski definition) is 2. The van der Waals surface area contributed by atoms with Crippen LogP contribution in [0.3, 0.4) is 0 Å². The molecule has 1 aromatic rings. The van der Waals surface area contributed by atoms with Gasteiger partial charge in [-0.25, -0.2) is 4.98 Å². The average molecular weight is 260 g/mol. The molecule has 1 aliphatic heterocycles. The second-order valence-corrected chi connectivity index (χ2v) is 5.34. The molecule has 1 unspecified atom stereocenters. The summed E-state index contributed by atoms with van der Waals surface area (Å²) in [5.41, 5.74) is 7.47. The monoisotopic (exact) mass is 260 g/mol. The summed E-state index contributed by atoms with van der Waals surface area (Å²) >= 11 is 0. The number of aryl methyl sites for hydroxylation is 1. The molecular formula is C15H24N4. The SMILES string of the molecule is CCC1CCCCCN1c1nc(C)ccc1C(=N)N. The molecule has 19 heavy (non-hydrogen) atoms. The minimum Gasteiger partial charge on any atom is -0.384 e. The molecule has 1 aliphatic rings. The van der Waals surface area contributed by atoms with Gasteiger partial charge in [-0.15, -0.1) is 0 Å². The Labute approximate surface area is 115 Å². The van der Waals surface area contributed by atoms with Gasteiger partial charge in [-0.1, -0.05) is 19.8 Å². The van der Waals surface area contributed by atoms with Crippen LogP contribution in [0.5, 0.6) is 0 Å². The van der Waals surface area contributed by atoms with Gasteiger partial charge < -0.3 is 10.6 Å². The van der Waals surface area contributed by atoms with E-state index in [1.54, 1.807) is 0 Å². The molecule has 1 saturated heterocycles. The first-order valence-corrected chi connectivity index (χ1v) is 7.22. The Morgan fingerprint density at radius 1 is 1.42 bits per heavy atom. The van der Waals surface area contributed by atoms with Gasteiger partial charge in [0.1, 0.15) is 11.7 Å². The number of pyridine rings is 1. The maximum atomic E-state index is 7.75.